The molecule has 3 rings (SSSR count). The lowest BCUT2D eigenvalue weighted by molar-refractivity contribution is -0.130. The number of piperazine rings is 1. The van der Waals surface area contributed by atoms with Crippen LogP contribution in [0.25, 0.3) is 6.08 Å². The number of hydrogen-bond acceptors (Lipinski definition) is 3. The number of benzene rings is 1. The van der Waals surface area contributed by atoms with Crippen molar-refractivity contribution >= 4 is 40.3 Å². The number of rotatable bonds is 1. The molecule has 0 unspecified atom stereocenters. The second-order valence-corrected chi connectivity index (χ2v) is 6.11. The maximum Gasteiger partial charge on any atom is 0.253 e. The zero-order valence-electron chi connectivity index (χ0n) is 11.8. The highest BCUT2D eigenvalue weighted by molar-refractivity contribution is 9.10. The fourth-order valence-corrected chi connectivity index (χ4v) is 2.98. The predicted octanol–water partition coefficient (Wildman–Crippen LogP) is 2.47. The van der Waals surface area contributed by atoms with Gasteiger partial charge in [-0.3, -0.25) is 4.79 Å². The molecule has 0 radical (unpaired) electrons. The molecule has 2 aliphatic heterocycles. The molecule has 1 aromatic carbocycles. The zero-order chi connectivity index (χ0) is 14.1. The van der Waals surface area contributed by atoms with Crippen LogP contribution in [0.15, 0.2) is 28.2 Å². The first-order chi connectivity index (χ1) is 9.65. The molecule has 0 aromatic heterocycles. The van der Waals surface area contributed by atoms with Crippen molar-refractivity contribution in [1.29, 1.82) is 0 Å². The monoisotopic (exact) mass is 372 g/mol. The molecular formula is C15H18BrClN2O2. The van der Waals surface area contributed by atoms with E-state index < -0.39 is 0 Å². The third-order valence-corrected chi connectivity index (χ3v) is 4.21. The number of carbonyl (C=O) groups is 1. The third-order valence-electron chi connectivity index (χ3n) is 3.72. The highest BCUT2D eigenvalue weighted by Crippen LogP contribution is 2.29. The molecule has 4 nitrogen and oxygen atoms in total. The summed E-state index contributed by atoms with van der Waals surface area (Å²) in [6.45, 7) is 4.87. The maximum atomic E-state index is 12.6. The average molecular weight is 374 g/mol. The van der Waals surface area contributed by atoms with Gasteiger partial charge < -0.3 is 15.0 Å². The molecule has 21 heavy (non-hydrogen) atoms. The van der Waals surface area contributed by atoms with Crippen LogP contribution in [0.4, 0.5) is 0 Å². The minimum Gasteiger partial charge on any atom is -0.488 e. The van der Waals surface area contributed by atoms with E-state index in [1.165, 1.54) is 0 Å². The Bertz CT molecular complexity index is 577. The normalized spacial score (nSPS) is 20.8. The molecule has 1 atom stereocenters. The quantitative estimate of drug-likeness (QED) is 0.822. The Hall–Kier alpha value is -1.04. The summed E-state index contributed by atoms with van der Waals surface area (Å²) in [6.07, 6.45) is 1.95. The standard InChI is InChI=1S/C15H17BrN2O2.ClH/c1-10-8-17-4-5-18(10)15(19)12-6-11-7-13(16)2-3-14(11)20-9-12;/h2-3,6-7,10,17H,4-5,8-9H2,1H3;1H/t10-;/m0./s1. The van der Waals surface area contributed by atoms with Gasteiger partial charge in [0.25, 0.3) is 5.91 Å². The Morgan fingerprint density at radius 3 is 3.05 bits per heavy atom. The van der Waals surface area contributed by atoms with Crippen molar-refractivity contribution < 1.29 is 9.53 Å². The number of ether oxygens (including phenoxy) is 1. The van der Waals surface area contributed by atoms with Crippen molar-refractivity contribution in [3.05, 3.63) is 33.8 Å². The lowest BCUT2D eigenvalue weighted by Gasteiger charge is -2.35. The zero-order valence-corrected chi connectivity index (χ0v) is 14.2. The maximum absolute atomic E-state index is 12.6. The van der Waals surface area contributed by atoms with Crippen molar-refractivity contribution in [2.45, 2.75) is 13.0 Å². The van der Waals surface area contributed by atoms with Crippen LogP contribution in [0.5, 0.6) is 5.75 Å². The summed E-state index contributed by atoms with van der Waals surface area (Å²) in [5.74, 6) is 0.919. The van der Waals surface area contributed by atoms with Crippen LogP contribution in [0.3, 0.4) is 0 Å². The van der Waals surface area contributed by atoms with Crippen molar-refractivity contribution in [3.63, 3.8) is 0 Å². The molecule has 0 saturated carbocycles. The highest BCUT2D eigenvalue weighted by atomic mass is 79.9. The lowest BCUT2D eigenvalue weighted by atomic mass is 10.1. The number of hydrogen-bond donors (Lipinski definition) is 1. The van der Waals surface area contributed by atoms with E-state index in [0.717, 1.165) is 41.0 Å². The predicted molar refractivity (Wildman–Crippen MR) is 88.9 cm³/mol. The van der Waals surface area contributed by atoms with Crippen LogP contribution in [-0.4, -0.2) is 43.1 Å². The largest absolute Gasteiger partial charge is 0.488 e. The van der Waals surface area contributed by atoms with Crippen molar-refractivity contribution in [1.82, 2.24) is 10.2 Å². The Kier molecular flexibility index (Phi) is 5.30. The minimum atomic E-state index is 0. The first-order valence-corrected chi connectivity index (χ1v) is 7.59. The number of carbonyl (C=O) groups excluding carboxylic acids is 1. The van der Waals surface area contributed by atoms with Gasteiger partial charge in [-0.05, 0) is 31.2 Å². The van der Waals surface area contributed by atoms with E-state index in [0.29, 0.717) is 6.61 Å². The van der Waals surface area contributed by atoms with Crippen LogP contribution >= 0.6 is 28.3 Å². The summed E-state index contributed by atoms with van der Waals surface area (Å²) >= 11 is 3.45. The van der Waals surface area contributed by atoms with E-state index in [4.69, 9.17) is 4.74 Å². The van der Waals surface area contributed by atoms with Gasteiger partial charge in [0, 0.05) is 35.7 Å². The van der Waals surface area contributed by atoms with Gasteiger partial charge in [0.1, 0.15) is 12.4 Å². The summed E-state index contributed by atoms with van der Waals surface area (Å²) in [5, 5.41) is 3.29. The summed E-state index contributed by atoms with van der Waals surface area (Å²) in [6, 6.07) is 6.06. The Balaban J connectivity index is 0.00000161. The second-order valence-electron chi connectivity index (χ2n) is 5.19. The van der Waals surface area contributed by atoms with Crippen molar-refractivity contribution in [2.75, 3.05) is 26.2 Å². The van der Waals surface area contributed by atoms with E-state index in [9.17, 15) is 4.79 Å². The van der Waals surface area contributed by atoms with Gasteiger partial charge >= 0.3 is 0 Å². The molecule has 1 aromatic rings. The molecule has 0 aliphatic carbocycles. The summed E-state index contributed by atoms with van der Waals surface area (Å²) in [5.41, 5.74) is 1.68. The lowest BCUT2D eigenvalue weighted by Crippen LogP contribution is -2.53. The molecule has 0 bridgehead atoms. The smallest absolute Gasteiger partial charge is 0.253 e. The summed E-state index contributed by atoms with van der Waals surface area (Å²) in [7, 11) is 0. The summed E-state index contributed by atoms with van der Waals surface area (Å²) < 4.78 is 6.67. The van der Waals surface area contributed by atoms with Gasteiger partial charge in [0.2, 0.25) is 0 Å². The molecule has 2 aliphatic rings. The molecule has 1 fully saturated rings. The molecule has 1 amide bonds. The number of amides is 1. The topological polar surface area (TPSA) is 41.6 Å². The van der Waals surface area contributed by atoms with Crippen LogP contribution in [0, 0.1) is 0 Å². The number of fused-ring (bicyclic) bond motifs is 1. The first-order valence-electron chi connectivity index (χ1n) is 6.80. The number of nitrogens with one attached hydrogen (secondary N) is 1. The molecule has 2 heterocycles. The second kappa shape index (κ2) is 6.81. The number of halogens is 2. The van der Waals surface area contributed by atoms with Gasteiger partial charge in [-0.2, -0.15) is 0 Å². The number of nitrogens with zero attached hydrogens (tertiary/aromatic N) is 1. The SMILES string of the molecule is C[C@H]1CNCCN1C(=O)C1=Cc2cc(Br)ccc2OC1.Cl. The van der Waals surface area contributed by atoms with Crippen LogP contribution in [0.1, 0.15) is 12.5 Å². The molecule has 1 saturated heterocycles. The Morgan fingerprint density at radius 2 is 2.29 bits per heavy atom. The summed E-state index contributed by atoms with van der Waals surface area (Å²) in [4.78, 5) is 14.5. The first kappa shape index (κ1) is 16.3. The van der Waals surface area contributed by atoms with Crippen LogP contribution < -0.4 is 10.1 Å². The molecule has 1 N–H and O–H groups in total. The minimum absolute atomic E-state index is 0. The molecule has 6 heteroatoms. The van der Waals surface area contributed by atoms with Crippen molar-refractivity contribution in [2.24, 2.45) is 0 Å². The molecule has 0 spiro atoms. The van der Waals surface area contributed by atoms with Crippen LogP contribution in [0.2, 0.25) is 0 Å². The van der Waals surface area contributed by atoms with Gasteiger partial charge in [-0.15, -0.1) is 12.4 Å². The van der Waals surface area contributed by atoms with Gasteiger partial charge in [0.15, 0.2) is 0 Å². The van der Waals surface area contributed by atoms with Gasteiger partial charge in [-0.1, -0.05) is 15.9 Å². The van der Waals surface area contributed by atoms with E-state index in [1.54, 1.807) is 0 Å². The van der Waals surface area contributed by atoms with Crippen molar-refractivity contribution in [3.8, 4) is 5.75 Å². The van der Waals surface area contributed by atoms with E-state index in [-0.39, 0.29) is 24.4 Å². The Labute approximate surface area is 139 Å². The average Bonchev–Trinajstić information content (AvgIpc) is 2.46. The molecular weight excluding hydrogens is 356 g/mol. The van der Waals surface area contributed by atoms with Gasteiger partial charge in [0.05, 0.1) is 5.57 Å². The van der Waals surface area contributed by atoms with Gasteiger partial charge in [-0.25, -0.2) is 0 Å². The van der Waals surface area contributed by atoms with Crippen LogP contribution in [-0.2, 0) is 4.79 Å². The Morgan fingerprint density at radius 1 is 1.48 bits per heavy atom. The fraction of sp³-hybridized carbons (Fsp3) is 0.400. The van der Waals surface area contributed by atoms with E-state index in [1.807, 2.05) is 29.2 Å². The fourth-order valence-electron chi connectivity index (χ4n) is 2.60. The van der Waals surface area contributed by atoms with E-state index in [2.05, 4.69) is 28.2 Å². The third kappa shape index (κ3) is 3.42. The highest BCUT2D eigenvalue weighted by Gasteiger charge is 2.27. The van der Waals surface area contributed by atoms with E-state index >= 15 is 0 Å². The molecule has 114 valence electrons.